The van der Waals surface area contributed by atoms with Crippen molar-refractivity contribution in [1.82, 2.24) is 10.2 Å². The lowest BCUT2D eigenvalue weighted by atomic mass is 10.1. The Hall–Kier alpha value is -0.0800. The molecule has 1 N–H and O–H groups in total. The first-order chi connectivity index (χ1) is 7.63. The van der Waals surface area contributed by atoms with E-state index in [1.54, 1.807) is 0 Å². The highest BCUT2D eigenvalue weighted by molar-refractivity contribution is 4.85. The van der Waals surface area contributed by atoms with Crippen molar-refractivity contribution in [3.05, 3.63) is 0 Å². The second-order valence-electron chi connectivity index (χ2n) is 5.70. The van der Waals surface area contributed by atoms with Gasteiger partial charge in [0.25, 0.3) is 0 Å². The van der Waals surface area contributed by atoms with E-state index < -0.39 is 0 Å². The number of nitrogens with one attached hydrogen (secondary N) is 1. The average molecular weight is 226 g/mol. The van der Waals surface area contributed by atoms with Gasteiger partial charge < -0.3 is 10.2 Å². The molecule has 0 amide bonds. The molecule has 2 nitrogen and oxygen atoms in total. The Morgan fingerprint density at radius 2 is 1.75 bits per heavy atom. The highest BCUT2D eigenvalue weighted by Gasteiger charge is 2.28. The number of hydrogen-bond acceptors (Lipinski definition) is 2. The van der Waals surface area contributed by atoms with Crippen LogP contribution in [0.2, 0.25) is 0 Å². The van der Waals surface area contributed by atoms with Gasteiger partial charge in [-0.15, -0.1) is 0 Å². The minimum Gasteiger partial charge on any atom is -0.314 e. The van der Waals surface area contributed by atoms with E-state index in [4.69, 9.17) is 0 Å². The molecule has 0 bridgehead atoms. The molecule has 0 aromatic heterocycles. The summed E-state index contributed by atoms with van der Waals surface area (Å²) in [5, 5.41) is 3.50. The summed E-state index contributed by atoms with van der Waals surface area (Å²) in [5.74, 6) is 0.840. The molecular formula is C14H30N2. The number of hydrogen-bond donors (Lipinski definition) is 1. The van der Waals surface area contributed by atoms with Gasteiger partial charge in [0.1, 0.15) is 0 Å². The van der Waals surface area contributed by atoms with Crippen LogP contribution in [-0.4, -0.2) is 36.6 Å². The molecule has 1 aliphatic carbocycles. The van der Waals surface area contributed by atoms with Crippen molar-refractivity contribution in [2.45, 2.75) is 65.5 Å². The second kappa shape index (κ2) is 7.29. The maximum Gasteiger partial charge on any atom is 0.00964 e. The standard InChI is InChI=1S/C14H30N2/c1-5-15-13(4)9-11-16(14-6-7-14)10-8-12(2)3/h12-15H,5-11H2,1-4H3. The molecule has 0 aromatic carbocycles. The molecule has 0 radical (unpaired) electrons. The minimum atomic E-state index is 0.672. The Kier molecular flexibility index (Phi) is 6.37. The van der Waals surface area contributed by atoms with Crippen LogP contribution in [0.1, 0.15) is 53.4 Å². The van der Waals surface area contributed by atoms with Gasteiger partial charge in [0, 0.05) is 12.1 Å². The van der Waals surface area contributed by atoms with Gasteiger partial charge in [-0.3, -0.25) is 0 Å². The predicted octanol–water partition coefficient (Wildman–Crippen LogP) is 2.89. The number of nitrogens with zero attached hydrogens (tertiary/aromatic N) is 1. The van der Waals surface area contributed by atoms with E-state index in [0.29, 0.717) is 6.04 Å². The normalized spacial score (nSPS) is 18.4. The molecule has 1 aliphatic rings. The summed E-state index contributed by atoms with van der Waals surface area (Å²) >= 11 is 0. The Bertz CT molecular complexity index is 176. The molecule has 1 rings (SSSR count). The molecular weight excluding hydrogens is 196 g/mol. The zero-order chi connectivity index (χ0) is 12.0. The fourth-order valence-corrected chi connectivity index (χ4v) is 2.15. The lowest BCUT2D eigenvalue weighted by Gasteiger charge is -2.24. The SMILES string of the molecule is CCNC(C)CCN(CCC(C)C)C1CC1. The van der Waals surface area contributed by atoms with Crippen LogP contribution in [0.25, 0.3) is 0 Å². The van der Waals surface area contributed by atoms with Gasteiger partial charge in [0.05, 0.1) is 0 Å². The smallest absolute Gasteiger partial charge is 0.00964 e. The summed E-state index contributed by atoms with van der Waals surface area (Å²) < 4.78 is 0. The van der Waals surface area contributed by atoms with Crippen LogP contribution in [0, 0.1) is 5.92 Å². The third-order valence-electron chi connectivity index (χ3n) is 3.46. The summed E-state index contributed by atoms with van der Waals surface area (Å²) in [6.07, 6.45) is 5.52. The van der Waals surface area contributed by atoms with E-state index in [1.165, 1.54) is 38.8 Å². The van der Waals surface area contributed by atoms with E-state index >= 15 is 0 Å². The zero-order valence-electron chi connectivity index (χ0n) is 11.6. The van der Waals surface area contributed by atoms with E-state index in [2.05, 4.69) is 37.9 Å². The Morgan fingerprint density at radius 1 is 1.12 bits per heavy atom. The van der Waals surface area contributed by atoms with Crippen LogP contribution in [0.3, 0.4) is 0 Å². The molecule has 1 atom stereocenters. The molecule has 0 aromatic rings. The molecule has 1 unspecified atom stereocenters. The van der Waals surface area contributed by atoms with Crippen LogP contribution in [0.4, 0.5) is 0 Å². The molecule has 0 aliphatic heterocycles. The summed E-state index contributed by atoms with van der Waals surface area (Å²) in [6, 6.07) is 1.60. The van der Waals surface area contributed by atoms with Crippen molar-refractivity contribution in [3.8, 4) is 0 Å². The lowest BCUT2D eigenvalue weighted by molar-refractivity contribution is 0.236. The van der Waals surface area contributed by atoms with Gasteiger partial charge in [-0.2, -0.15) is 0 Å². The van der Waals surface area contributed by atoms with E-state index in [9.17, 15) is 0 Å². The quantitative estimate of drug-likeness (QED) is 0.650. The van der Waals surface area contributed by atoms with Gasteiger partial charge in [0.15, 0.2) is 0 Å². The van der Waals surface area contributed by atoms with Crippen molar-refractivity contribution < 1.29 is 0 Å². The summed E-state index contributed by atoms with van der Waals surface area (Å²) in [5.41, 5.74) is 0. The Balaban J connectivity index is 2.17. The van der Waals surface area contributed by atoms with E-state index in [0.717, 1.165) is 18.5 Å². The fraction of sp³-hybridized carbons (Fsp3) is 1.00. The largest absolute Gasteiger partial charge is 0.314 e. The summed E-state index contributed by atoms with van der Waals surface area (Å²) in [7, 11) is 0. The topological polar surface area (TPSA) is 15.3 Å². The molecule has 0 saturated heterocycles. The Morgan fingerprint density at radius 3 is 2.25 bits per heavy atom. The third-order valence-corrected chi connectivity index (χ3v) is 3.46. The maximum atomic E-state index is 3.50. The Labute approximate surface area is 102 Å². The van der Waals surface area contributed by atoms with Gasteiger partial charge in [0.2, 0.25) is 0 Å². The predicted molar refractivity (Wildman–Crippen MR) is 71.8 cm³/mol. The van der Waals surface area contributed by atoms with E-state index in [-0.39, 0.29) is 0 Å². The van der Waals surface area contributed by atoms with Crippen LogP contribution in [-0.2, 0) is 0 Å². The molecule has 1 fully saturated rings. The van der Waals surface area contributed by atoms with Gasteiger partial charge >= 0.3 is 0 Å². The van der Waals surface area contributed by atoms with Gasteiger partial charge in [-0.05, 0) is 58.2 Å². The highest BCUT2D eigenvalue weighted by atomic mass is 15.2. The van der Waals surface area contributed by atoms with E-state index in [1.807, 2.05) is 0 Å². The summed E-state index contributed by atoms with van der Waals surface area (Å²) in [4.78, 5) is 2.72. The molecule has 16 heavy (non-hydrogen) atoms. The molecule has 0 heterocycles. The van der Waals surface area contributed by atoms with Gasteiger partial charge in [-0.1, -0.05) is 20.8 Å². The fourth-order valence-electron chi connectivity index (χ4n) is 2.15. The first-order valence-electron chi connectivity index (χ1n) is 7.11. The maximum absolute atomic E-state index is 3.50. The first kappa shape index (κ1) is 14.0. The molecule has 0 spiro atoms. The van der Waals surface area contributed by atoms with Crippen molar-refractivity contribution in [3.63, 3.8) is 0 Å². The van der Waals surface area contributed by atoms with Crippen LogP contribution in [0.5, 0.6) is 0 Å². The van der Waals surface area contributed by atoms with Crippen molar-refractivity contribution in [2.24, 2.45) is 5.92 Å². The second-order valence-corrected chi connectivity index (χ2v) is 5.70. The van der Waals surface area contributed by atoms with Crippen LogP contribution < -0.4 is 5.32 Å². The minimum absolute atomic E-state index is 0.672. The first-order valence-corrected chi connectivity index (χ1v) is 7.11. The summed E-state index contributed by atoms with van der Waals surface area (Å²) in [6.45, 7) is 12.8. The zero-order valence-corrected chi connectivity index (χ0v) is 11.6. The molecule has 96 valence electrons. The number of rotatable bonds is 9. The van der Waals surface area contributed by atoms with Crippen molar-refractivity contribution in [2.75, 3.05) is 19.6 Å². The van der Waals surface area contributed by atoms with Crippen LogP contribution >= 0.6 is 0 Å². The van der Waals surface area contributed by atoms with Crippen LogP contribution in [0.15, 0.2) is 0 Å². The third kappa shape index (κ3) is 5.86. The highest BCUT2D eigenvalue weighted by Crippen LogP contribution is 2.27. The monoisotopic (exact) mass is 226 g/mol. The van der Waals surface area contributed by atoms with Crippen molar-refractivity contribution in [1.29, 1.82) is 0 Å². The molecule has 2 heteroatoms. The van der Waals surface area contributed by atoms with Crippen molar-refractivity contribution >= 4 is 0 Å². The van der Waals surface area contributed by atoms with Gasteiger partial charge in [-0.25, -0.2) is 0 Å². The average Bonchev–Trinajstić information content (AvgIpc) is 3.01. The lowest BCUT2D eigenvalue weighted by Crippen LogP contribution is -2.34. The molecule has 1 saturated carbocycles.